The average molecular weight is 791 g/mol. The van der Waals surface area contributed by atoms with Gasteiger partial charge in [-0.25, -0.2) is 4.90 Å². The Bertz CT molecular complexity index is 2580. The summed E-state index contributed by atoms with van der Waals surface area (Å²) in [6, 6.07) is 18.3. The highest BCUT2D eigenvalue weighted by molar-refractivity contribution is 7.22. The number of thiophene rings is 1. The summed E-state index contributed by atoms with van der Waals surface area (Å²) < 4.78 is 8.06. The smallest absolute Gasteiger partial charge is 0.488 e. The monoisotopic (exact) mass is 790 g/mol. The van der Waals surface area contributed by atoms with Crippen LogP contribution in [0.25, 0.3) is 20.7 Å². The van der Waals surface area contributed by atoms with Gasteiger partial charge < -0.3 is 19.9 Å². The van der Waals surface area contributed by atoms with Gasteiger partial charge >= 0.3 is 7.12 Å². The zero-order chi connectivity index (χ0) is 39.5. The molecule has 3 N–H and O–H groups in total. The predicted molar refractivity (Wildman–Crippen MR) is 212 cm³/mol. The molecule has 3 aromatic carbocycles. The number of imide groups is 2. The molecule has 5 aromatic rings. The molecule has 0 spiro atoms. The van der Waals surface area contributed by atoms with Crippen molar-refractivity contribution >= 4 is 80.7 Å². The molecule has 2 aromatic heterocycles. The molecule has 12 nitrogen and oxygen atoms in total. The van der Waals surface area contributed by atoms with Crippen LogP contribution in [0.15, 0.2) is 78.4 Å². The molecule has 2 aliphatic heterocycles. The molecule has 0 radical (unpaired) electrons. The second kappa shape index (κ2) is 12.9. The summed E-state index contributed by atoms with van der Waals surface area (Å²) in [5, 5.41) is 36.6. The Morgan fingerprint density at radius 2 is 1.75 bits per heavy atom. The number of methoxy groups -OCH3 is 1. The fourth-order valence-electron chi connectivity index (χ4n) is 9.78. The van der Waals surface area contributed by atoms with Gasteiger partial charge in [-0.3, -0.25) is 28.8 Å². The number of carbonyl (C=O) groups excluding carboxylic acids is 4. The highest BCUT2D eigenvalue weighted by Crippen LogP contribution is 2.64. The van der Waals surface area contributed by atoms with E-state index in [4.69, 9.17) is 21.4 Å². The number of aromatic nitrogens is 2. The van der Waals surface area contributed by atoms with Crippen LogP contribution < -0.4 is 20.0 Å². The molecule has 4 aliphatic rings. The number of rotatable bonds is 6. The number of ether oxygens (including phenoxy) is 1. The molecule has 2 aliphatic carbocycles. The van der Waals surface area contributed by atoms with Gasteiger partial charge in [-0.2, -0.15) is 5.10 Å². The van der Waals surface area contributed by atoms with Crippen LogP contribution in [0.2, 0.25) is 5.02 Å². The van der Waals surface area contributed by atoms with Gasteiger partial charge in [-0.15, -0.1) is 11.3 Å². The van der Waals surface area contributed by atoms with Crippen molar-refractivity contribution in [2.75, 3.05) is 16.9 Å². The molecular weight excluding hydrogens is 755 g/mol. The zero-order valence-corrected chi connectivity index (χ0v) is 32.3. The maximum absolute atomic E-state index is 15.1. The number of hydrogen-bond acceptors (Lipinski definition) is 10. The van der Waals surface area contributed by atoms with E-state index in [1.165, 1.54) is 34.9 Å². The molecule has 1 saturated carbocycles. The molecular formula is C41H36BClN4O8S. The summed E-state index contributed by atoms with van der Waals surface area (Å²) in [7, 11) is 1.33. The van der Waals surface area contributed by atoms with E-state index in [-0.39, 0.29) is 35.5 Å². The quantitative estimate of drug-likeness (QED) is 0.121. The summed E-state index contributed by atoms with van der Waals surface area (Å²) in [6.07, 6.45) is 2.31. The lowest BCUT2D eigenvalue weighted by atomic mass is 9.51. The van der Waals surface area contributed by atoms with Crippen molar-refractivity contribution in [2.24, 2.45) is 36.1 Å². The molecule has 3 fully saturated rings. The van der Waals surface area contributed by atoms with E-state index in [9.17, 15) is 29.5 Å². The Labute approximate surface area is 330 Å². The molecule has 6 atom stereocenters. The number of nitrogens with zero attached hydrogens (tertiary/aromatic N) is 4. The van der Waals surface area contributed by atoms with Crippen molar-refractivity contribution < 1.29 is 39.1 Å². The lowest BCUT2D eigenvalue weighted by molar-refractivity contribution is -0.131. The van der Waals surface area contributed by atoms with Gasteiger partial charge in [-0.05, 0) is 97.0 Å². The summed E-state index contributed by atoms with van der Waals surface area (Å²) in [5.41, 5.74) is 2.00. The minimum absolute atomic E-state index is 0.0953. The van der Waals surface area contributed by atoms with E-state index in [0.717, 1.165) is 31.0 Å². The fraction of sp³-hybridized carbons (Fsp3) is 0.293. The van der Waals surface area contributed by atoms with Crippen molar-refractivity contribution in [3.8, 4) is 22.1 Å². The van der Waals surface area contributed by atoms with E-state index in [1.807, 2.05) is 31.2 Å². The predicted octanol–water partition coefficient (Wildman–Crippen LogP) is 5.09. The van der Waals surface area contributed by atoms with E-state index in [0.29, 0.717) is 22.1 Å². The Balaban J connectivity index is 1.15. The van der Waals surface area contributed by atoms with E-state index in [2.05, 4.69) is 0 Å². The number of carbonyl (C=O) groups is 4. The van der Waals surface area contributed by atoms with Crippen LogP contribution >= 0.6 is 22.9 Å². The number of aryl methyl sites for hydroxylation is 2. The van der Waals surface area contributed by atoms with Gasteiger partial charge in [0.15, 0.2) is 11.5 Å². The number of aromatic hydroxyl groups is 1. The number of amides is 4. The molecule has 0 unspecified atom stereocenters. The van der Waals surface area contributed by atoms with E-state index < -0.39 is 65.8 Å². The third kappa shape index (κ3) is 5.09. The Hall–Kier alpha value is -5.28. The van der Waals surface area contributed by atoms with Crippen LogP contribution in [-0.4, -0.2) is 62.8 Å². The Kier molecular flexibility index (Phi) is 8.37. The summed E-state index contributed by atoms with van der Waals surface area (Å²) >= 11 is 7.86. The Morgan fingerprint density at radius 1 is 0.964 bits per heavy atom. The highest BCUT2D eigenvalue weighted by Gasteiger charge is 2.68. The third-order valence-corrected chi connectivity index (χ3v) is 14.0. The summed E-state index contributed by atoms with van der Waals surface area (Å²) in [5.74, 6) is -5.07. The van der Waals surface area contributed by atoms with Gasteiger partial charge in [-0.1, -0.05) is 41.4 Å². The van der Waals surface area contributed by atoms with Crippen molar-refractivity contribution in [1.82, 2.24) is 9.78 Å². The van der Waals surface area contributed by atoms with Crippen molar-refractivity contribution in [3.63, 3.8) is 0 Å². The van der Waals surface area contributed by atoms with Crippen LogP contribution in [0, 0.1) is 36.0 Å². The zero-order valence-electron chi connectivity index (χ0n) is 30.8. The number of anilines is 2. The van der Waals surface area contributed by atoms with Crippen LogP contribution in [0.5, 0.6) is 11.5 Å². The standard InChI is InChI=1S/C41H36BClN4O8S/c1-19-26-16-22(43)9-13-32(26)56-36(19)29-18-33(45(3)44-29)47-38(50)28-17-27-24(35(41(28,2)40(47)52)20-8-12-30(48)31(14-20)55-4)10-11-25-34(27)39(51)46(37(25)49)23-7-5-6-21(15-23)42(53)54/h5-10,12-16,18,25,27-28,34-35,48,53-54H,11,17H2,1-4H3/t25-,27+,28-,34-,35-,41+/m0/s1. The maximum atomic E-state index is 15.1. The first kappa shape index (κ1) is 36.4. The van der Waals surface area contributed by atoms with Crippen LogP contribution in [0.1, 0.15) is 36.8 Å². The lowest BCUT2D eigenvalue weighted by Crippen LogP contribution is -2.49. The maximum Gasteiger partial charge on any atom is 0.488 e. The average Bonchev–Trinajstić information content (AvgIpc) is 3.85. The molecule has 0 bridgehead atoms. The number of phenols is 1. The molecule has 284 valence electrons. The molecule has 56 heavy (non-hydrogen) atoms. The summed E-state index contributed by atoms with van der Waals surface area (Å²) in [4.78, 5) is 61.8. The second-order valence-electron chi connectivity index (χ2n) is 15.3. The van der Waals surface area contributed by atoms with Gasteiger partial charge in [0, 0.05) is 28.8 Å². The normalized spacial score (nSPS) is 25.8. The van der Waals surface area contributed by atoms with Gasteiger partial charge in [0.2, 0.25) is 23.6 Å². The SMILES string of the molecule is COc1cc([C@H]2C3=CC[C@@H]4C(=O)N(c5cccc(B(O)O)c5)C(=O)[C@@H]4[C@@H]3C[C@H]3C(=O)N(c4cc(-c5sc6ccc(Cl)cc6c5C)nn4C)C(=O)[C@@]23C)ccc1O. The van der Waals surface area contributed by atoms with Crippen molar-refractivity contribution in [2.45, 2.75) is 32.6 Å². The van der Waals surface area contributed by atoms with Gasteiger partial charge in [0.25, 0.3) is 0 Å². The topological polar surface area (TPSA) is 162 Å². The lowest BCUT2D eigenvalue weighted by Gasteiger charge is -2.49. The van der Waals surface area contributed by atoms with Crippen LogP contribution in [0.3, 0.4) is 0 Å². The first-order chi connectivity index (χ1) is 26.7. The number of phenolic OH excluding ortho intramolecular Hbond substituents is 1. The Morgan fingerprint density at radius 3 is 2.50 bits per heavy atom. The van der Waals surface area contributed by atoms with Crippen LogP contribution in [-0.2, 0) is 26.2 Å². The minimum Gasteiger partial charge on any atom is -0.504 e. The number of benzene rings is 3. The van der Waals surface area contributed by atoms with Gasteiger partial charge in [0.05, 0.1) is 40.8 Å². The second-order valence-corrected chi connectivity index (χ2v) is 16.8. The molecule has 9 rings (SSSR count). The van der Waals surface area contributed by atoms with Crippen molar-refractivity contribution in [3.05, 3.63) is 94.5 Å². The molecule has 15 heteroatoms. The van der Waals surface area contributed by atoms with Crippen molar-refractivity contribution in [1.29, 1.82) is 0 Å². The first-order valence-electron chi connectivity index (χ1n) is 18.3. The largest absolute Gasteiger partial charge is 0.504 e. The van der Waals surface area contributed by atoms with E-state index >= 15 is 4.79 Å². The minimum atomic E-state index is -1.80. The first-order valence-corrected chi connectivity index (χ1v) is 19.5. The van der Waals surface area contributed by atoms with Gasteiger partial charge in [0.1, 0.15) is 11.5 Å². The number of halogens is 1. The third-order valence-electron chi connectivity index (χ3n) is 12.5. The molecule has 2 saturated heterocycles. The number of fused-ring (bicyclic) bond motifs is 5. The summed E-state index contributed by atoms with van der Waals surface area (Å²) in [6.45, 7) is 3.78. The van der Waals surface area contributed by atoms with Crippen LogP contribution in [0.4, 0.5) is 11.5 Å². The highest BCUT2D eigenvalue weighted by atomic mass is 35.5. The van der Waals surface area contributed by atoms with E-state index in [1.54, 1.807) is 55.6 Å². The molecule has 4 amide bonds. The number of hydrogen-bond donors (Lipinski definition) is 3. The number of allylic oxidation sites excluding steroid dienone is 2. The molecule has 4 heterocycles. The fourth-order valence-corrected chi connectivity index (χ4v) is 11.1.